The predicted molar refractivity (Wildman–Crippen MR) is 105 cm³/mol. The van der Waals surface area contributed by atoms with Gasteiger partial charge >= 0.3 is 0 Å². The van der Waals surface area contributed by atoms with Crippen LogP contribution >= 0.6 is 0 Å². The van der Waals surface area contributed by atoms with Gasteiger partial charge in [0, 0.05) is 19.2 Å². The molecule has 1 aliphatic rings. The highest BCUT2D eigenvalue weighted by Crippen LogP contribution is 2.34. The molecule has 10 nitrogen and oxygen atoms in total. The third kappa shape index (κ3) is 4.03. The van der Waals surface area contributed by atoms with Crippen molar-refractivity contribution in [2.45, 2.75) is 45.1 Å². The third-order valence-corrected chi connectivity index (χ3v) is 4.78. The van der Waals surface area contributed by atoms with Crippen LogP contribution in [0.2, 0.25) is 0 Å². The molecule has 0 aromatic carbocycles. The van der Waals surface area contributed by atoms with Crippen molar-refractivity contribution in [1.82, 2.24) is 14.5 Å². The number of anilines is 1. The first-order valence-electron chi connectivity index (χ1n) is 9.37. The second-order valence-corrected chi connectivity index (χ2v) is 7.25. The van der Waals surface area contributed by atoms with Gasteiger partial charge in [-0.1, -0.05) is 19.0 Å². The van der Waals surface area contributed by atoms with E-state index in [0.29, 0.717) is 34.8 Å². The van der Waals surface area contributed by atoms with Crippen molar-refractivity contribution in [3.05, 3.63) is 18.1 Å². The Morgan fingerprint density at radius 2 is 2.29 bits per heavy atom. The molecular formula is C18H28N6O4. The summed E-state index contributed by atoms with van der Waals surface area (Å²) in [6.07, 6.45) is 2.67. The molecule has 0 amide bonds. The van der Waals surface area contributed by atoms with E-state index in [-0.39, 0.29) is 12.4 Å². The van der Waals surface area contributed by atoms with E-state index in [9.17, 15) is 10.2 Å². The highest BCUT2D eigenvalue weighted by atomic mass is 16.6. The Morgan fingerprint density at radius 1 is 1.50 bits per heavy atom. The lowest BCUT2D eigenvalue weighted by atomic mass is 10.1. The molecule has 0 aliphatic carbocycles. The molecule has 1 fully saturated rings. The number of amidine groups is 1. The summed E-state index contributed by atoms with van der Waals surface area (Å²) in [5, 5.41) is 27.4. The molecule has 0 bridgehead atoms. The molecular weight excluding hydrogens is 364 g/mol. The summed E-state index contributed by atoms with van der Waals surface area (Å²) >= 11 is 0. The number of ether oxygens (including phenoxy) is 1. The maximum atomic E-state index is 10.1. The number of nitrogens with two attached hydrogens (primary N) is 1. The van der Waals surface area contributed by atoms with Crippen molar-refractivity contribution in [2.75, 3.05) is 25.6 Å². The summed E-state index contributed by atoms with van der Waals surface area (Å²) in [5.74, 6) is 1.38. The van der Waals surface area contributed by atoms with Crippen LogP contribution in [0.25, 0.3) is 11.0 Å². The van der Waals surface area contributed by atoms with Crippen LogP contribution in [0.3, 0.4) is 0 Å². The van der Waals surface area contributed by atoms with Crippen LogP contribution in [0.15, 0.2) is 17.7 Å². The molecule has 1 aliphatic heterocycles. The van der Waals surface area contributed by atoms with E-state index in [0.717, 1.165) is 13.0 Å². The molecule has 2 aromatic heterocycles. The van der Waals surface area contributed by atoms with Gasteiger partial charge in [-0.2, -0.15) is 0 Å². The molecule has 2 aromatic rings. The number of aromatic nitrogens is 3. The Bertz CT molecular complexity index is 837. The van der Waals surface area contributed by atoms with Crippen molar-refractivity contribution in [3.8, 4) is 0 Å². The Labute approximate surface area is 163 Å². The minimum absolute atomic E-state index is 0.185. The zero-order valence-corrected chi connectivity index (χ0v) is 16.4. The molecule has 3 unspecified atom stereocenters. The van der Waals surface area contributed by atoms with Gasteiger partial charge in [0.2, 0.25) is 0 Å². The lowest BCUT2D eigenvalue weighted by Gasteiger charge is -2.14. The van der Waals surface area contributed by atoms with Crippen molar-refractivity contribution in [3.63, 3.8) is 0 Å². The number of fused-ring (bicyclic) bond motifs is 1. The minimum Gasteiger partial charge on any atom is -0.397 e. The van der Waals surface area contributed by atoms with Crippen molar-refractivity contribution >= 4 is 22.7 Å². The largest absolute Gasteiger partial charge is 0.397 e. The monoisotopic (exact) mass is 392 g/mol. The Morgan fingerprint density at radius 3 is 2.93 bits per heavy atom. The SMILES string of the molecule is CO/N=C(\N)c1cn(C2CC(O)C(CO)O2)c2ncnc(NCCC(C)C)c12. The maximum Gasteiger partial charge on any atom is 0.172 e. The molecule has 5 N–H and O–H groups in total. The van der Waals surface area contributed by atoms with Gasteiger partial charge in [0.1, 0.15) is 37.2 Å². The molecule has 3 heterocycles. The predicted octanol–water partition coefficient (Wildman–Crippen LogP) is 0.797. The number of aliphatic hydroxyl groups is 2. The maximum absolute atomic E-state index is 10.1. The molecule has 3 rings (SSSR count). The van der Waals surface area contributed by atoms with E-state index in [4.69, 9.17) is 15.3 Å². The van der Waals surface area contributed by atoms with Gasteiger partial charge in [0.25, 0.3) is 0 Å². The molecule has 0 saturated carbocycles. The van der Waals surface area contributed by atoms with E-state index in [1.807, 2.05) is 0 Å². The molecule has 1 saturated heterocycles. The molecule has 0 radical (unpaired) electrons. The third-order valence-electron chi connectivity index (χ3n) is 4.78. The Hall–Kier alpha value is -2.43. The molecule has 10 heteroatoms. The molecule has 0 spiro atoms. The molecule has 154 valence electrons. The van der Waals surface area contributed by atoms with Crippen LogP contribution < -0.4 is 11.1 Å². The van der Waals surface area contributed by atoms with Crippen molar-refractivity contribution < 1.29 is 19.8 Å². The summed E-state index contributed by atoms with van der Waals surface area (Å²) in [6.45, 7) is 4.81. The standard InChI is InChI=1S/C18H28N6O4/c1-10(2)4-5-20-17-15-11(16(19)23-27-3)7-24(18(15)22-9-21-17)14-6-12(26)13(8-25)28-14/h7,9-10,12-14,25-26H,4-6,8H2,1-3H3,(H2,19,23)(H,20,21,22). The van der Waals surface area contributed by atoms with Gasteiger partial charge in [0.15, 0.2) is 5.84 Å². The first-order valence-corrected chi connectivity index (χ1v) is 9.37. The van der Waals surface area contributed by atoms with Gasteiger partial charge in [-0.25, -0.2) is 9.97 Å². The van der Waals surface area contributed by atoms with Crippen LogP contribution in [0.1, 0.15) is 38.5 Å². The topological polar surface area (TPSA) is 140 Å². The average Bonchev–Trinajstić information content (AvgIpc) is 3.22. The summed E-state index contributed by atoms with van der Waals surface area (Å²) < 4.78 is 7.58. The summed E-state index contributed by atoms with van der Waals surface area (Å²) in [5.41, 5.74) is 7.31. The zero-order chi connectivity index (χ0) is 20.3. The van der Waals surface area contributed by atoms with Gasteiger partial charge in [-0.3, -0.25) is 0 Å². The van der Waals surface area contributed by atoms with E-state index in [1.165, 1.54) is 13.4 Å². The van der Waals surface area contributed by atoms with Crippen molar-refractivity contribution in [2.24, 2.45) is 16.8 Å². The highest BCUT2D eigenvalue weighted by Gasteiger charge is 2.36. The van der Waals surface area contributed by atoms with Crippen LogP contribution in [0.4, 0.5) is 5.82 Å². The van der Waals surface area contributed by atoms with Crippen LogP contribution in [-0.4, -0.2) is 63.1 Å². The van der Waals surface area contributed by atoms with E-state index in [1.54, 1.807) is 10.8 Å². The Balaban J connectivity index is 2.04. The van der Waals surface area contributed by atoms with Crippen LogP contribution in [0, 0.1) is 5.92 Å². The minimum atomic E-state index is -0.758. The fourth-order valence-corrected chi connectivity index (χ4v) is 3.31. The number of oxime groups is 1. The van der Waals surface area contributed by atoms with Gasteiger partial charge in [-0.15, -0.1) is 0 Å². The number of hydrogen-bond acceptors (Lipinski definition) is 8. The molecule has 3 atom stereocenters. The lowest BCUT2D eigenvalue weighted by Crippen LogP contribution is -2.24. The number of hydrogen-bond donors (Lipinski definition) is 4. The summed E-state index contributed by atoms with van der Waals surface area (Å²) in [4.78, 5) is 13.6. The number of aliphatic hydroxyl groups excluding tert-OH is 2. The number of rotatable bonds is 8. The average molecular weight is 392 g/mol. The fourth-order valence-electron chi connectivity index (χ4n) is 3.31. The quantitative estimate of drug-likeness (QED) is 0.294. The smallest absolute Gasteiger partial charge is 0.172 e. The van der Waals surface area contributed by atoms with Crippen LogP contribution in [0.5, 0.6) is 0 Å². The zero-order valence-electron chi connectivity index (χ0n) is 16.4. The number of nitrogens with one attached hydrogen (secondary N) is 1. The van der Waals surface area contributed by atoms with E-state index in [2.05, 4.69) is 34.3 Å². The first-order chi connectivity index (χ1) is 13.5. The highest BCUT2D eigenvalue weighted by molar-refractivity contribution is 6.11. The van der Waals surface area contributed by atoms with E-state index >= 15 is 0 Å². The lowest BCUT2D eigenvalue weighted by molar-refractivity contribution is -0.0430. The second kappa shape index (κ2) is 8.72. The number of nitrogens with zero attached hydrogens (tertiary/aromatic N) is 4. The second-order valence-electron chi connectivity index (χ2n) is 7.25. The van der Waals surface area contributed by atoms with Gasteiger partial charge < -0.3 is 35.4 Å². The van der Waals surface area contributed by atoms with Crippen molar-refractivity contribution in [1.29, 1.82) is 0 Å². The van der Waals surface area contributed by atoms with Crippen LogP contribution in [-0.2, 0) is 9.57 Å². The van der Waals surface area contributed by atoms with Gasteiger partial charge in [-0.05, 0) is 12.3 Å². The summed E-state index contributed by atoms with van der Waals surface area (Å²) in [6, 6.07) is 0. The van der Waals surface area contributed by atoms with Gasteiger partial charge in [0.05, 0.1) is 23.7 Å². The normalized spacial score (nSPS) is 22.9. The summed E-state index contributed by atoms with van der Waals surface area (Å²) in [7, 11) is 1.42. The molecule has 28 heavy (non-hydrogen) atoms. The first kappa shape index (κ1) is 20.3. The Kier molecular flexibility index (Phi) is 6.32. The van der Waals surface area contributed by atoms with E-state index < -0.39 is 18.4 Å². The fraction of sp³-hybridized carbons (Fsp3) is 0.611.